The van der Waals surface area contributed by atoms with Crippen molar-refractivity contribution in [3.63, 3.8) is 0 Å². The van der Waals surface area contributed by atoms with Gasteiger partial charge in [-0.05, 0) is 17.8 Å². The predicted molar refractivity (Wildman–Crippen MR) is 73.0 cm³/mol. The van der Waals surface area contributed by atoms with E-state index in [0.29, 0.717) is 24.4 Å². The van der Waals surface area contributed by atoms with E-state index in [1.165, 1.54) is 0 Å². The van der Waals surface area contributed by atoms with Crippen molar-refractivity contribution in [2.24, 2.45) is 11.3 Å². The number of hydrogen-bond donors (Lipinski definition) is 2. The van der Waals surface area contributed by atoms with E-state index in [1.54, 1.807) is 0 Å². The summed E-state index contributed by atoms with van der Waals surface area (Å²) in [4.78, 5) is 2.21. The average Bonchev–Trinajstić information content (AvgIpc) is 2.94. The third kappa shape index (κ3) is 4.19. The smallest absolute Gasteiger partial charge is 0.212 e. The first-order valence-electron chi connectivity index (χ1n) is 6.79. The van der Waals surface area contributed by atoms with Gasteiger partial charge in [-0.15, -0.1) is 0 Å². The summed E-state index contributed by atoms with van der Waals surface area (Å²) in [7, 11) is -3.10. The predicted octanol–water partition coefficient (Wildman–Crippen LogP) is -0.143. The maximum Gasteiger partial charge on any atom is 0.212 e. The molecule has 0 bridgehead atoms. The van der Waals surface area contributed by atoms with Crippen LogP contribution in [-0.2, 0) is 10.0 Å². The Morgan fingerprint density at radius 1 is 1.33 bits per heavy atom. The van der Waals surface area contributed by atoms with E-state index in [9.17, 15) is 8.42 Å². The van der Waals surface area contributed by atoms with Gasteiger partial charge in [-0.2, -0.15) is 0 Å². The van der Waals surface area contributed by atoms with Gasteiger partial charge in [-0.3, -0.25) is 4.90 Å². The highest BCUT2D eigenvalue weighted by Crippen LogP contribution is 2.51. The highest BCUT2D eigenvalue weighted by Gasteiger charge is 2.45. The molecule has 1 aliphatic heterocycles. The average molecular weight is 275 g/mol. The molecular weight excluding hydrogens is 250 g/mol. The topological polar surface area (TPSA) is 61.4 Å². The van der Waals surface area contributed by atoms with Crippen molar-refractivity contribution in [1.29, 1.82) is 0 Å². The lowest BCUT2D eigenvalue weighted by molar-refractivity contribution is 0.253. The van der Waals surface area contributed by atoms with Gasteiger partial charge in [0.05, 0.1) is 5.75 Å². The molecule has 18 heavy (non-hydrogen) atoms. The second-order valence-electron chi connectivity index (χ2n) is 6.15. The van der Waals surface area contributed by atoms with Crippen LogP contribution in [0.4, 0.5) is 0 Å². The lowest BCUT2D eigenvalue weighted by atomic mass is 10.1. The van der Waals surface area contributed by atoms with Crippen LogP contribution in [0.5, 0.6) is 0 Å². The molecular formula is C12H25N3O2S. The summed E-state index contributed by atoms with van der Waals surface area (Å²) in [6, 6.07) is 0. The normalized spacial score (nSPS) is 28.2. The number of sulfonamides is 1. The summed E-state index contributed by atoms with van der Waals surface area (Å²) in [6.45, 7) is 9.45. The zero-order valence-electron chi connectivity index (χ0n) is 11.4. The molecule has 2 fully saturated rings. The first-order valence-corrected chi connectivity index (χ1v) is 8.45. The molecule has 2 rings (SSSR count). The molecule has 1 heterocycles. The zero-order chi connectivity index (χ0) is 13.2. The van der Waals surface area contributed by atoms with Crippen molar-refractivity contribution >= 4 is 10.0 Å². The fraction of sp³-hybridized carbons (Fsp3) is 1.00. The van der Waals surface area contributed by atoms with Gasteiger partial charge in [0.2, 0.25) is 10.0 Å². The molecule has 0 spiro atoms. The van der Waals surface area contributed by atoms with Crippen LogP contribution >= 0.6 is 0 Å². The van der Waals surface area contributed by atoms with Crippen molar-refractivity contribution in [2.75, 3.05) is 45.0 Å². The molecule has 1 saturated carbocycles. The molecule has 0 radical (unpaired) electrons. The Balaban J connectivity index is 1.67. The van der Waals surface area contributed by atoms with Crippen molar-refractivity contribution in [2.45, 2.75) is 20.3 Å². The van der Waals surface area contributed by atoms with Crippen molar-refractivity contribution in [3.8, 4) is 0 Å². The SMILES string of the molecule is CC1(C)CC1CNS(=O)(=O)CCN1CCNCC1. The summed E-state index contributed by atoms with van der Waals surface area (Å²) in [5.41, 5.74) is 0.334. The molecule has 1 saturated heterocycles. The van der Waals surface area contributed by atoms with Crippen LogP contribution in [0.1, 0.15) is 20.3 Å². The monoisotopic (exact) mass is 275 g/mol. The summed E-state index contributed by atoms with van der Waals surface area (Å²) in [6.07, 6.45) is 1.13. The largest absolute Gasteiger partial charge is 0.314 e. The van der Waals surface area contributed by atoms with E-state index in [-0.39, 0.29) is 5.75 Å². The minimum Gasteiger partial charge on any atom is -0.314 e. The van der Waals surface area contributed by atoms with Gasteiger partial charge < -0.3 is 5.32 Å². The Morgan fingerprint density at radius 3 is 2.50 bits per heavy atom. The van der Waals surface area contributed by atoms with Crippen LogP contribution in [0.2, 0.25) is 0 Å². The number of rotatable bonds is 6. The highest BCUT2D eigenvalue weighted by atomic mass is 32.2. The van der Waals surface area contributed by atoms with Crippen LogP contribution in [0, 0.1) is 11.3 Å². The van der Waals surface area contributed by atoms with Gasteiger partial charge in [-0.25, -0.2) is 13.1 Å². The number of nitrogens with one attached hydrogen (secondary N) is 2. The summed E-state index contributed by atoms with van der Waals surface area (Å²) < 4.78 is 26.5. The van der Waals surface area contributed by atoms with Gasteiger partial charge >= 0.3 is 0 Å². The Hall–Kier alpha value is -0.170. The fourth-order valence-corrected chi connectivity index (χ4v) is 3.51. The third-order valence-electron chi connectivity index (χ3n) is 4.15. The van der Waals surface area contributed by atoms with E-state index in [2.05, 4.69) is 28.8 Å². The second-order valence-corrected chi connectivity index (χ2v) is 8.08. The lowest BCUT2D eigenvalue weighted by Gasteiger charge is -2.26. The first-order chi connectivity index (χ1) is 8.39. The number of piperazine rings is 1. The van der Waals surface area contributed by atoms with Crippen LogP contribution in [0.3, 0.4) is 0 Å². The van der Waals surface area contributed by atoms with Crippen LogP contribution < -0.4 is 10.0 Å². The molecule has 2 N–H and O–H groups in total. The van der Waals surface area contributed by atoms with Gasteiger partial charge in [0.15, 0.2) is 0 Å². The highest BCUT2D eigenvalue weighted by molar-refractivity contribution is 7.89. The zero-order valence-corrected chi connectivity index (χ0v) is 12.2. The van der Waals surface area contributed by atoms with Crippen molar-refractivity contribution in [1.82, 2.24) is 14.9 Å². The molecule has 0 aromatic carbocycles. The standard InChI is InChI=1S/C12H25N3O2S/c1-12(2)9-11(12)10-14-18(16,17)8-7-15-5-3-13-4-6-15/h11,13-14H,3-10H2,1-2H3. The van der Waals surface area contributed by atoms with Crippen LogP contribution in [0.15, 0.2) is 0 Å². The Kier molecular flexibility index (Phi) is 4.31. The minimum absolute atomic E-state index is 0.222. The first kappa shape index (κ1) is 14.2. The second kappa shape index (κ2) is 5.45. The van der Waals surface area contributed by atoms with Crippen molar-refractivity contribution < 1.29 is 8.42 Å². The Morgan fingerprint density at radius 2 is 1.94 bits per heavy atom. The summed E-state index contributed by atoms with van der Waals surface area (Å²) in [5.74, 6) is 0.742. The Labute approximate surface area is 110 Å². The van der Waals surface area contributed by atoms with E-state index in [4.69, 9.17) is 0 Å². The molecule has 6 heteroatoms. The van der Waals surface area contributed by atoms with Gasteiger partial charge in [-0.1, -0.05) is 13.8 Å². The molecule has 0 aromatic rings. The molecule has 1 aliphatic carbocycles. The summed E-state index contributed by atoms with van der Waals surface area (Å²) >= 11 is 0. The molecule has 1 atom stereocenters. The Bertz CT molecular complexity index is 375. The molecule has 0 aromatic heterocycles. The van der Waals surface area contributed by atoms with Gasteiger partial charge in [0.1, 0.15) is 0 Å². The van der Waals surface area contributed by atoms with Gasteiger partial charge in [0, 0.05) is 39.3 Å². The third-order valence-corrected chi connectivity index (χ3v) is 5.48. The maximum atomic E-state index is 11.9. The van der Waals surface area contributed by atoms with E-state index in [1.807, 2.05) is 0 Å². The molecule has 2 aliphatic rings. The van der Waals surface area contributed by atoms with E-state index >= 15 is 0 Å². The molecule has 106 valence electrons. The van der Waals surface area contributed by atoms with E-state index in [0.717, 1.165) is 32.6 Å². The van der Waals surface area contributed by atoms with Gasteiger partial charge in [0.25, 0.3) is 0 Å². The fourth-order valence-electron chi connectivity index (χ4n) is 2.41. The van der Waals surface area contributed by atoms with Crippen LogP contribution in [-0.4, -0.2) is 58.3 Å². The quantitative estimate of drug-likeness (QED) is 0.708. The number of nitrogens with zero attached hydrogens (tertiary/aromatic N) is 1. The lowest BCUT2D eigenvalue weighted by Crippen LogP contribution is -2.46. The molecule has 5 nitrogen and oxygen atoms in total. The van der Waals surface area contributed by atoms with Crippen molar-refractivity contribution in [3.05, 3.63) is 0 Å². The molecule has 0 amide bonds. The van der Waals surface area contributed by atoms with Crippen LogP contribution in [0.25, 0.3) is 0 Å². The molecule has 1 unspecified atom stereocenters. The van der Waals surface area contributed by atoms with E-state index < -0.39 is 10.0 Å². The minimum atomic E-state index is -3.10. The number of hydrogen-bond acceptors (Lipinski definition) is 4. The maximum absolute atomic E-state index is 11.9. The summed E-state index contributed by atoms with van der Waals surface area (Å²) in [5, 5.41) is 3.26.